The van der Waals surface area contributed by atoms with Crippen molar-refractivity contribution in [2.45, 2.75) is 55.2 Å². The van der Waals surface area contributed by atoms with Crippen LogP contribution < -0.4 is 5.32 Å². The fraction of sp³-hybridized carbons (Fsp3) is 0.600. The highest BCUT2D eigenvalue weighted by Gasteiger charge is 2.28. The highest BCUT2D eigenvalue weighted by Crippen LogP contribution is 2.26. The largest absolute Gasteiger partial charge is 0.313 e. The average Bonchev–Trinajstić information content (AvgIpc) is 2.64. The van der Waals surface area contributed by atoms with Gasteiger partial charge in [0.2, 0.25) is 0 Å². The van der Waals surface area contributed by atoms with E-state index in [1.54, 1.807) is 12.1 Å². The Morgan fingerprint density at radius 3 is 2.84 bits per heavy atom. The van der Waals surface area contributed by atoms with Gasteiger partial charge in [0.25, 0.3) is 0 Å². The number of hydrogen-bond donors (Lipinski definition) is 1. The molecule has 3 unspecified atom stereocenters. The number of benzene rings is 1. The first-order valence-electron chi connectivity index (χ1n) is 7.12. The second-order valence-electron chi connectivity index (χ2n) is 5.10. The number of nitrogens with one attached hydrogen (secondary N) is 1. The van der Waals surface area contributed by atoms with Crippen molar-refractivity contribution >= 4 is 10.8 Å². The lowest BCUT2D eigenvalue weighted by Gasteiger charge is -2.25. The fourth-order valence-electron chi connectivity index (χ4n) is 2.79. The Morgan fingerprint density at radius 1 is 1.32 bits per heavy atom. The molecule has 0 aromatic heterocycles. The molecule has 19 heavy (non-hydrogen) atoms. The molecule has 2 nitrogen and oxygen atoms in total. The number of halogens is 1. The van der Waals surface area contributed by atoms with Gasteiger partial charge in [0.15, 0.2) is 0 Å². The number of rotatable bonds is 4. The summed E-state index contributed by atoms with van der Waals surface area (Å²) in [7, 11) is -1.13. The van der Waals surface area contributed by atoms with Gasteiger partial charge in [0, 0.05) is 10.9 Å². The Hall–Kier alpha value is -0.740. The van der Waals surface area contributed by atoms with Crippen LogP contribution in [0, 0.1) is 5.82 Å². The van der Waals surface area contributed by atoms with E-state index in [1.165, 1.54) is 25.0 Å². The smallest absolute Gasteiger partial charge is 0.124 e. The highest BCUT2D eigenvalue weighted by atomic mass is 32.2. The summed E-state index contributed by atoms with van der Waals surface area (Å²) < 4.78 is 26.0. The van der Waals surface area contributed by atoms with Gasteiger partial charge in [-0.15, -0.1) is 0 Å². The van der Waals surface area contributed by atoms with Crippen LogP contribution in [-0.4, -0.2) is 22.0 Å². The third-order valence-corrected chi connectivity index (χ3v) is 5.55. The third kappa shape index (κ3) is 3.86. The first-order valence-corrected chi connectivity index (χ1v) is 8.33. The van der Waals surface area contributed by atoms with Gasteiger partial charge >= 0.3 is 0 Å². The summed E-state index contributed by atoms with van der Waals surface area (Å²) in [6.45, 7) is 2.97. The van der Waals surface area contributed by atoms with Crippen LogP contribution >= 0.6 is 0 Å². The van der Waals surface area contributed by atoms with Crippen LogP contribution in [0.2, 0.25) is 0 Å². The summed E-state index contributed by atoms with van der Waals surface area (Å²) in [5.41, 5.74) is 0. The zero-order chi connectivity index (χ0) is 13.7. The van der Waals surface area contributed by atoms with Gasteiger partial charge in [-0.3, -0.25) is 4.21 Å². The highest BCUT2D eigenvalue weighted by molar-refractivity contribution is 7.85. The topological polar surface area (TPSA) is 29.1 Å². The molecule has 1 N–H and O–H groups in total. The van der Waals surface area contributed by atoms with Crippen LogP contribution in [0.15, 0.2) is 29.2 Å². The predicted molar refractivity (Wildman–Crippen MR) is 77.1 cm³/mol. The van der Waals surface area contributed by atoms with E-state index in [1.807, 2.05) is 0 Å². The molecule has 1 aliphatic rings. The molecular weight excluding hydrogens is 261 g/mol. The monoisotopic (exact) mass is 283 g/mol. The fourth-order valence-corrected chi connectivity index (χ4v) is 4.49. The zero-order valence-electron chi connectivity index (χ0n) is 11.4. The average molecular weight is 283 g/mol. The molecule has 0 aliphatic heterocycles. The van der Waals surface area contributed by atoms with Gasteiger partial charge in [-0.1, -0.05) is 32.3 Å². The molecule has 0 bridgehead atoms. The van der Waals surface area contributed by atoms with Crippen LogP contribution in [-0.2, 0) is 10.8 Å². The van der Waals surface area contributed by atoms with Crippen molar-refractivity contribution < 1.29 is 8.60 Å². The third-order valence-electron chi connectivity index (χ3n) is 3.72. The molecule has 2 rings (SSSR count). The Kier molecular flexibility index (Phi) is 5.52. The summed E-state index contributed by atoms with van der Waals surface area (Å²) in [4.78, 5) is 0.620. The lowest BCUT2D eigenvalue weighted by Crippen LogP contribution is -2.41. The van der Waals surface area contributed by atoms with Crippen LogP contribution in [0.1, 0.15) is 39.0 Å². The molecule has 1 aromatic carbocycles. The standard InChI is InChI=1S/C15H22FNOS/c1-2-17-14-9-4-3-5-10-15(14)19(18)13-8-6-7-12(16)11-13/h6-8,11,14-15,17H,2-5,9-10H2,1H3. The summed E-state index contributed by atoms with van der Waals surface area (Å²) in [6, 6.07) is 6.50. The summed E-state index contributed by atoms with van der Waals surface area (Å²) >= 11 is 0. The summed E-state index contributed by atoms with van der Waals surface area (Å²) in [5, 5.41) is 3.55. The maximum absolute atomic E-state index is 13.3. The van der Waals surface area contributed by atoms with Crippen molar-refractivity contribution in [3.8, 4) is 0 Å². The predicted octanol–water partition coefficient (Wildman–Crippen LogP) is 3.24. The minimum atomic E-state index is -1.13. The molecule has 106 valence electrons. The van der Waals surface area contributed by atoms with Crippen LogP contribution in [0.5, 0.6) is 0 Å². The van der Waals surface area contributed by atoms with Crippen molar-refractivity contribution in [1.29, 1.82) is 0 Å². The quantitative estimate of drug-likeness (QED) is 0.860. The van der Waals surface area contributed by atoms with Crippen LogP contribution in [0.25, 0.3) is 0 Å². The molecular formula is C15H22FNOS. The normalized spacial score (nSPS) is 25.8. The van der Waals surface area contributed by atoms with Crippen LogP contribution in [0.4, 0.5) is 4.39 Å². The van der Waals surface area contributed by atoms with Crippen molar-refractivity contribution in [3.05, 3.63) is 30.1 Å². The maximum atomic E-state index is 13.3. The van der Waals surface area contributed by atoms with Gasteiger partial charge in [-0.2, -0.15) is 0 Å². The molecule has 3 atom stereocenters. The summed E-state index contributed by atoms with van der Waals surface area (Å²) in [5.74, 6) is -0.306. The van der Waals surface area contributed by atoms with E-state index in [4.69, 9.17) is 0 Å². The molecule has 1 aromatic rings. The van der Waals surface area contributed by atoms with Gasteiger partial charge in [-0.05, 0) is 37.6 Å². The first-order chi connectivity index (χ1) is 9.22. The second kappa shape index (κ2) is 7.15. The van der Waals surface area contributed by atoms with E-state index in [2.05, 4.69) is 12.2 Å². The van der Waals surface area contributed by atoms with E-state index >= 15 is 0 Å². The minimum Gasteiger partial charge on any atom is -0.313 e. The molecule has 0 saturated heterocycles. The van der Waals surface area contributed by atoms with E-state index in [0.29, 0.717) is 4.90 Å². The van der Waals surface area contributed by atoms with E-state index in [-0.39, 0.29) is 17.1 Å². The van der Waals surface area contributed by atoms with Crippen molar-refractivity contribution in [3.63, 3.8) is 0 Å². The van der Waals surface area contributed by atoms with Gasteiger partial charge < -0.3 is 5.32 Å². The molecule has 1 aliphatic carbocycles. The SMILES string of the molecule is CCNC1CCCCCC1S(=O)c1cccc(F)c1. The second-order valence-corrected chi connectivity index (χ2v) is 6.77. The molecule has 4 heteroatoms. The lowest BCUT2D eigenvalue weighted by atomic mass is 10.1. The van der Waals surface area contributed by atoms with E-state index < -0.39 is 10.8 Å². The van der Waals surface area contributed by atoms with Crippen molar-refractivity contribution in [2.24, 2.45) is 0 Å². The zero-order valence-corrected chi connectivity index (χ0v) is 12.2. The van der Waals surface area contributed by atoms with Crippen molar-refractivity contribution in [1.82, 2.24) is 5.32 Å². The lowest BCUT2D eigenvalue weighted by molar-refractivity contribution is 0.474. The Bertz CT molecular complexity index is 438. The molecule has 0 heterocycles. The first kappa shape index (κ1) is 14.7. The Morgan fingerprint density at radius 2 is 2.11 bits per heavy atom. The Labute approximate surface area is 117 Å². The van der Waals surface area contributed by atoms with Crippen LogP contribution in [0.3, 0.4) is 0 Å². The molecule has 1 saturated carbocycles. The molecule has 0 amide bonds. The molecule has 1 fully saturated rings. The Balaban J connectivity index is 2.18. The van der Waals surface area contributed by atoms with Gasteiger partial charge in [0.05, 0.1) is 16.0 Å². The van der Waals surface area contributed by atoms with E-state index in [0.717, 1.165) is 25.8 Å². The number of hydrogen-bond acceptors (Lipinski definition) is 2. The van der Waals surface area contributed by atoms with Gasteiger partial charge in [-0.25, -0.2) is 4.39 Å². The van der Waals surface area contributed by atoms with E-state index in [9.17, 15) is 8.60 Å². The van der Waals surface area contributed by atoms with Gasteiger partial charge in [0.1, 0.15) is 5.82 Å². The molecule has 0 spiro atoms. The maximum Gasteiger partial charge on any atom is 0.124 e. The molecule has 0 radical (unpaired) electrons. The summed E-state index contributed by atoms with van der Waals surface area (Å²) in [6.07, 6.45) is 5.54. The minimum absolute atomic E-state index is 0.101. The van der Waals surface area contributed by atoms with Crippen molar-refractivity contribution in [2.75, 3.05) is 6.54 Å².